The zero-order valence-electron chi connectivity index (χ0n) is 14.8. The van der Waals surface area contributed by atoms with Gasteiger partial charge in [0.15, 0.2) is 5.65 Å². The first kappa shape index (κ1) is 17.7. The Morgan fingerprint density at radius 2 is 2.11 bits per heavy atom. The number of thiazole rings is 2. The van der Waals surface area contributed by atoms with Crippen molar-refractivity contribution in [3.63, 3.8) is 0 Å². The summed E-state index contributed by atoms with van der Waals surface area (Å²) in [6.07, 6.45) is 2.38. The van der Waals surface area contributed by atoms with Gasteiger partial charge in [0.1, 0.15) is 15.5 Å². The molecule has 0 aliphatic rings. The van der Waals surface area contributed by atoms with Crippen molar-refractivity contribution in [1.29, 1.82) is 0 Å². The van der Waals surface area contributed by atoms with E-state index in [9.17, 15) is 9.90 Å². The molecular formula is C18H15N5O2S3. The smallest absolute Gasteiger partial charge is 0.291 e. The lowest BCUT2D eigenvalue weighted by atomic mass is 10.3. The van der Waals surface area contributed by atoms with Gasteiger partial charge in [-0.1, -0.05) is 6.07 Å². The van der Waals surface area contributed by atoms with E-state index in [2.05, 4.69) is 10.1 Å². The normalized spacial score (nSPS) is 11.8. The largest absolute Gasteiger partial charge is 0.389 e. The maximum atomic E-state index is 13.0. The Balaban J connectivity index is 1.56. The number of thiophene rings is 1. The molecule has 5 aromatic heterocycles. The number of nitrogens with zero attached hydrogens (tertiary/aromatic N) is 5. The monoisotopic (exact) mass is 429 g/mol. The van der Waals surface area contributed by atoms with Crippen LogP contribution in [-0.2, 0) is 26.6 Å². The fraction of sp³-hybridized carbons (Fsp3) is 0.222. The van der Waals surface area contributed by atoms with Crippen LogP contribution in [0.1, 0.15) is 20.6 Å². The number of hydrogen-bond donors (Lipinski definition) is 1. The average molecular weight is 430 g/mol. The maximum absolute atomic E-state index is 13.0. The lowest BCUT2D eigenvalue weighted by molar-refractivity contribution is 0.281. The van der Waals surface area contributed by atoms with Crippen molar-refractivity contribution in [3.8, 4) is 0 Å². The van der Waals surface area contributed by atoms with Gasteiger partial charge in [0.2, 0.25) is 0 Å². The Hall–Kier alpha value is -2.40. The number of aliphatic hydroxyl groups excluding tert-OH is 1. The summed E-state index contributed by atoms with van der Waals surface area (Å²) in [4.78, 5) is 23.2. The Bertz CT molecular complexity index is 1340. The molecule has 0 atom stereocenters. The molecule has 0 unspecified atom stereocenters. The second-order valence-electron chi connectivity index (χ2n) is 6.34. The first-order valence-corrected chi connectivity index (χ1v) is 11.1. The fourth-order valence-corrected chi connectivity index (χ4v) is 5.69. The van der Waals surface area contributed by atoms with E-state index in [1.807, 2.05) is 34.5 Å². The van der Waals surface area contributed by atoms with Crippen molar-refractivity contribution in [2.45, 2.75) is 19.6 Å². The minimum atomic E-state index is -0.104. The Morgan fingerprint density at radius 1 is 1.21 bits per heavy atom. The van der Waals surface area contributed by atoms with Gasteiger partial charge in [0.25, 0.3) is 5.56 Å². The number of aliphatic hydroxyl groups is 1. The minimum Gasteiger partial charge on any atom is -0.389 e. The van der Waals surface area contributed by atoms with Gasteiger partial charge in [-0.15, -0.1) is 34.0 Å². The molecule has 0 saturated carbocycles. The molecule has 1 N–H and O–H groups in total. The van der Waals surface area contributed by atoms with Gasteiger partial charge in [-0.2, -0.15) is 5.10 Å². The molecule has 5 aromatic rings. The van der Waals surface area contributed by atoms with E-state index in [0.717, 1.165) is 31.3 Å². The van der Waals surface area contributed by atoms with Gasteiger partial charge in [-0.25, -0.2) is 14.6 Å². The molecule has 5 heterocycles. The molecular weight excluding hydrogens is 414 g/mol. The van der Waals surface area contributed by atoms with Crippen LogP contribution in [0.2, 0.25) is 0 Å². The number of rotatable bonds is 5. The molecule has 0 saturated heterocycles. The Morgan fingerprint density at radius 3 is 2.86 bits per heavy atom. The predicted octanol–water partition coefficient (Wildman–Crippen LogP) is 2.99. The Labute approximate surface area is 171 Å². The molecule has 0 bridgehead atoms. The van der Waals surface area contributed by atoms with Crippen molar-refractivity contribution in [1.82, 2.24) is 24.3 Å². The quantitative estimate of drug-likeness (QED) is 0.464. The summed E-state index contributed by atoms with van der Waals surface area (Å²) in [5, 5.41) is 20.0. The van der Waals surface area contributed by atoms with Crippen LogP contribution in [0, 0.1) is 0 Å². The third-order valence-electron chi connectivity index (χ3n) is 4.52. The van der Waals surface area contributed by atoms with E-state index >= 15 is 0 Å². The SMILES string of the molecule is Cn1c2nc(Cc3csc(CO)n3)sc2c2cnn(Cc3cccs3)c(=O)c21. The van der Waals surface area contributed by atoms with Gasteiger partial charge in [-0.3, -0.25) is 4.79 Å². The van der Waals surface area contributed by atoms with E-state index in [-0.39, 0.29) is 12.2 Å². The van der Waals surface area contributed by atoms with E-state index < -0.39 is 0 Å². The van der Waals surface area contributed by atoms with E-state index in [1.165, 1.54) is 16.0 Å². The summed E-state index contributed by atoms with van der Waals surface area (Å²) in [7, 11) is 1.87. The van der Waals surface area contributed by atoms with Gasteiger partial charge in [0.05, 0.1) is 29.7 Å². The molecule has 7 nitrogen and oxygen atoms in total. The van der Waals surface area contributed by atoms with Crippen LogP contribution in [0.25, 0.3) is 21.3 Å². The minimum absolute atomic E-state index is 0.0431. The van der Waals surface area contributed by atoms with Crippen LogP contribution in [0.4, 0.5) is 0 Å². The number of aromatic nitrogens is 5. The topological polar surface area (TPSA) is 85.8 Å². The highest BCUT2D eigenvalue weighted by molar-refractivity contribution is 7.19. The van der Waals surface area contributed by atoms with Crippen LogP contribution in [0.15, 0.2) is 33.9 Å². The van der Waals surface area contributed by atoms with Crippen molar-refractivity contribution in [3.05, 3.63) is 60.0 Å². The van der Waals surface area contributed by atoms with Crippen molar-refractivity contribution < 1.29 is 5.11 Å². The highest BCUT2D eigenvalue weighted by Gasteiger charge is 2.19. The van der Waals surface area contributed by atoms with Gasteiger partial charge >= 0.3 is 0 Å². The molecule has 10 heteroatoms. The Kier molecular flexibility index (Phi) is 4.35. The first-order valence-electron chi connectivity index (χ1n) is 8.54. The maximum Gasteiger partial charge on any atom is 0.291 e. The van der Waals surface area contributed by atoms with Crippen LogP contribution in [0.3, 0.4) is 0 Å². The van der Waals surface area contributed by atoms with Gasteiger partial charge in [-0.05, 0) is 11.4 Å². The van der Waals surface area contributed by atoms with Crippen molar-refractivity contribution in [2.75, 3.05) is 0 Å². The van der Waals surface area contributed by atoms with Crippen molar-refractivity contribution in [2.24, 2.45) is 7.05 Å². The summed E-state index contributed by atoms with van der Waals surface area (Å²) in [5.41, 5.74) is 2.21. The first-order chi connectivity index (χ1) is 13.6. The molecule has 0 aromatic carbocycles. The molecule has 0 radical (unpaired) electrons. The molecule has 0 aliphatic carbocycles. The van der Waals surface area contributed by atoms with Crippen LogP contribution in [0.5, 0.6) is 0 Å². The second kappa shape index (κ2) is 6.89. The summed E-state index contributed by atoms with van der Waals surface area (Å²) in [5.74, 6) is 0. The van der Waals surface area contributed by atoms with Crippen LogP contribution >= 0.6 is 34.0 Å². The summed E-state index contributed by atoms with van der Waals surface area (Å²) in [6.45, 7) is 0.430. The van der Waals surface area contributed by atoms with Gasteiger partial charge < -0.3 is 9.67 Å². The summed E-state index contributed by atoms with van der Waals surface area (Å²) < 4.78 is 4.34. The zero-order valence-corrected chi connectivity index (χ0v) is 17.3. The molecule has 0 amide bonds. The van der Waals surface area contributed by atoms with E-state index in [1.54, 1.807) is 28.9 Å². The number of fused-ring (bicyclic) bond motifs is 3. The lowest BCUT2D eigenvalue weighted by Crippen LogP contribution is -2.24. The highest BCUT2D eigenvalue weighted by atomic mass is 32.1. The number of aryl methyl sites for hydroxylation is 1. The average Bonchev–Trinajstić information content (AvgIpc) is 3.46. The molecule has 0 fully saturated rings. The predicted molar refractivity (Wildman–Crippen MR) is 112 cm³/mol. The van der Waals surface area contributed by atoms with Crippen LogP contribution < -0.4 is 5.56 Å². The second-order valence-corrected chi connectivity index (χ2v) is 9.39. The molecule has 142 valence electrons. The molecule has 28 heavy (non-hydrogen) atoms. The van der Waals surface area contributed by atoms with Gasteiger partial charge in [0, 0.05) is 29.1 Å². The molecule has 0 spiro atoms. The third-order valence-corrected chi connectivity index (χ3v) is 7.34. The summed E-state index contributed by atoms with van der Waals surface area (Å²) >= 11 is 4.62. The fourth-order valence-electron chi connectivity index (χ4n) is 3.23. The molecule has 0 aliphatic heterocycles. The zero-order chi connectivity index (χ0) is 19.3. The lowest BCUT2D eigenvalue weighted by Gasteiger charge is -2.04. The summed E-state index contributed by atoms with van der Waals surface area (Å²) in [6, 6.07) is 3.97. The van der Waals surface area contributed by atoms with E-state index in [0.29, 0.717) is 23.5 Å². The van der Waals surface area contributed by atoms with E-state index in [4.69, 9.17) is 4.98 Å². The highest BCUT2D eigenvalue weighted by Crippen LogP contribution is 2.31. The third kappa shape index (κ3) is 2.89. The number of hydrogen-bond acceptors (Lipinski definition) is 8. The van der Waals surface area contributed by atoms with Crippen molar-refractivity contribution >= 4 is 55.3 Å². The van der Waals surface area contributed by atoms with Crippen LogP contribution in [-0.4, -0.2) is 29.4 Å². The standard InChI is InChI=1S/C18H15N5O2S3/c1-22-15-12(6-19-23(18(15)25)7-11-3-2-4-26-11)16-17(22)21-13(28-16)5-10-9-27-14(8-24)20-10/h2-4,6,9,24H,5,7-8H2,1H3. The molecule has 5 rings (SSSR count).